The van der Waals surface area contributed by atoms with Gasteiger partial charge in [-0.2, -0.15) is 5.10 Å². The number of aromatic nitrogens is 4. The third kappa shape index (κ3) is 4.18. The van der Waals surface area contributed by atoms with Crippen LogP contribution in [0.1, 0.15) is 36.1 Å². The maximum atomic E-state index is 4.86. The monoisotopic (exact) mass is 378 g/mol. The lowest BCUT2D eigenvalue weighted by Crippen LogP contribution is -2.23. The first-order valence-electron chi connectivity index (χ1n) is 10.1. The fraction of sp³-hybridized carbons (Fsp3) is 0.455. The van der Waals surface area contributed by atoms with Crippen LogP contribution in [0.15, 0.2) is 36.4 Å². The minimum atomic E-state index is 0.781. The summed E-state index contributed by atoms with van der Waals surface area (Å²) in [6.45, 7) is 9.93. The zero-order chi connectivity index (χ0) is 19.5. The van der Waals surface area contributed by atoms with Gasteiger partial charge in [-0.15, -0.1) is 0 Å². The highest BCUT2D eigenvalue weighted by atomic mass is 15.3. The molecule has 1 aliphatic rings. The highest BCUT2D eigenvalue weighted by Gasteiger charge is 2.17. The summed E-state index contributed by atoms with van der Waals surface area (Å²) in [4.78, 5) is 13.0. The summed E-state index contributed by atoms with van der Waals surface area (Å²) in [7, 11) is 2.13. The van der Waals surface area contributed by atoms with E-state index in [0.717, 1.165) is 68.2 Å². The Morgan fingerprint density at radius 1 is 1.25 bits per heavy atom. The molecule has 0 saturated carbocycles. The average molecular weight is 379 g/mol. The Morgan fingerprint density at radius 2 is 2.14 bits per heavy atom. The molecule has 0 saturated heterocycles. The van der Waals surface area contributed by atoms with Crippen LogP contribution < -0.4 is 0 Å². The first-order valence-corrected chi connectivity index (χ1v) is 10.1. The minimum Gasteiger partial charge on any atom is -0.341 e. The quantitative estimate of drug-likeness (QED) is 0.667. The number of imidazole rings is 1. The molecule has 0 unspecified atom stereocenters. The number of fused-ring (bicyclic) bond motifs is 2. The van der Waals surface area contributed by atoms with Gasteiger partial charge >= 0.3 is 0 Å². The predicted octanol–water partition coefficient (Wildman–Crippen LogP) is 3.48. The first-order chi connectivity index (χ1) is 13.6. The molecule has 3 heterocycles. The third-order valence-corrected chi connectivity index (χ3v) is 5.36. The number of benzene rings is 1. The molecule has 1 N–H and O–H groups in total. The second kappa shape index (κ2) is 8.29. The van der Waals surface area contributed by atoms with E-state index in [1.54, 1.807) is 0 Å². The van der Waals surface area contributed by atoms with Gasteiger partial charge in [0.05, 0.1) is 29.0 Å². The van der Waals surface area contributed by atoms with Crippen molar-refractivity contribution in [3.8, 4) is 0 Å². The number of aryl methyl sites for hydroxylation is 2. The number of rotatable bonds is 6. The molecule has 0 fully saturated rings. The SMILES string of the molecule is C/C=C/CN1CCCn2nc(CN(C)Cc3nc4c(C)cccc4[nH]3)cc2C1. The van der Waals surface area contributed by atoms with Gasteiger partial charge in [0.25, 0.3) is 0 Å². The Balaban J connectivity index is 1.42. The van der Waals surface area contributed by atoms with E-state index in [0.29, 0.717) is 0 Å². The van der Waals surface area contributed by atoms with Crippen LogP contribution in [-0.2, 0) is 26.2 Å². The van der Waals surface area contributed by atoms with Crippen LogP contribution in [0.2, 0.25) is 0 Å². The molecule has 0 spiro atoms. The number of nitrogens with zero attached hydrogens (tertiary/aromatic N) is 5. The number of hydrogen-bond acceptors (Lipinski definition) is 4. The molecule has 3 aromatic rings. The van der Waals surface area contributed by atoms with Crippen LogP contribution in [0.5, 0.6) is 0 Å². The summed E-state index contributed by atoms with van der Waals surface area (Å²) in [6, 6.07) is 8.54. The van der Waals surface area contributed by atoms with E-state index in [9.17, 15) is 0 Å². The molecule has 2 aromatic heterocycles. The van der Waals surface area contributed by atoms with Crippen LogP contribution in [0.25, 0.3) is 11.0 Å². The zero-order valence-electron chi connectivity index (χ0n) is 17.1. The Hall–Kier alpha value is -2.44. The maximum absolute atomic E-state index is 4.86. The van der Waals surface area contributed by atoms with Crippen molar-refractivity contribution in [2.24, 2.45) is 0 Å². The van der Waals surface area contributed by atoms with Gasteiger partial charge in [-0.3, -0.25) is 14.5 Å². The van der Waals surface area contributed by atoms with Gasteiger partial charge in [0, 0.05) is 32.7 Å². The summed E-state index contributed by atoms with van der Waals surface area (Å²) in [6.07, 6.45) is 5.51. The number of allylic oxidation sites excluding steroid dienone is 1. The topological polar surface area (TPSA) is 53.0 Å². The highest BCUT2D eigenvalue weighted by molar-refractivity contribution is 5.78. The van der Waals surface area contributed by atoms with Crippen molar-refractivity contribution in [2.75, 3.05) is 20.1 Å². The zero-order valence-corrected chi connectivity index (χ0v) is 17.1. The smallest absolute Gasteiger partial charge is 0.121 e. The minimum absolute atomic E-state index is 0.781. The van der Waals surface area contributed by atoms with Crippen LogP contribution >= 0.6 is 0 Å². The van der Waals surface area contributed by atoms with Crippen LogP contribution in [0.3, 0.4) is 0 Å². The normalized spacial score (nSPS) is 15.6. The lowest BCUT2D eigenvalue weighted by atomic mass is 10.2. The summed E-state index contributed by atoms with van der Waals surface area (Å²) < 4.78 is 2.20. The molecule has 4 rings (SSSR count). The van der Waals surface area contributed by atoms with Crippen LogP contribution in [0.4, 0.5) is 0 Å². The lowest BCUT2D eigenvalue weighted by molar-refractivity contribution is 0.297. The van der Waals surface area contributed by atoms with Gasteiger partial charge in [-0.25, -0.2) is 4.98 Å². The second-order valence-electron chi connectivity index (χ2n) is 7.83. The van der Waals surface area contributed by atoms with Crippen molar-refractivity contribution >= 4 is 11.0 Å². The Bertz CT molecular complexity index is 967. The fourth-order valence-electron chi connectivity index (χ4n) is 3.97. The molecule has 0 aliphatic carbocycles. The summed E-state index contributed by atoms with van der Waals surface area (Å²) in [5, 5.41) is 4.86. The van der Waals surface area contributed by atoms with Crippen molar-refractivity contribution in [3.05, 3.63) is 59.2 Å². The summed E-state index contributed by atoms with van der Waals surface area (Å²) in [5.74, 6) is 1.00. The van der Waals surface area contributed by atoms with Gasteiger partial charge in [-0.05, 0) is 45.0 Å². The van der Waals surface area contributed by atoms with E-state index in [-0.39, 0.29) is 0 Å². The molecule has 148 valence electrons. The van der Waals surface area contributed by atoms with Crippen molar-refractivity contribution in [1.29, 1.82) is 0 Å². The first kappa shape index (κ1) is 18.9. The summed E-state index contributed by atoms with van der Waals surface area (Å²) >= 11 is 0. The maximum Gasteiger partial charge on any atom is 0.121 e. The third-order valence-electron chi connectivity index (χ3n) is 5.36. The molecule has 0 bridgehead atoms. The molecule has 0 atom stereocenters. The van der Waals surface area contributed by atoms with Crippen LogP contribution in [-0.4, -0.2) is 49.7 Å². The molecule has 1 aliphatic heterocycles. The van der Waals surface area contributed by atoms with Crippen molar-refractivity contribution in [2.45, 2.75) is 46.4 Å². The number of nitrogens with one attached hydrogen (secondary N) is 1. The van der Waals surface area contributed by atoms with Crippen molar-refractivity contribution in [3.63, 3.8) is 0 Å². The number of aromatic amines is 1. The molecular formula is C22H30N6. The van der Waals surface area contributed by atoms with Gasteiger partial charge in [0.2, 0.25) is 0 Å². The highest BCUT2D eigenvalue weighted by Crippen LogP contribution is 2.18. The lowest BCUT2D eigenvalue weighted by Gasteiger charge is -2.17. The molecule has 6 nitrogen and oxygen atoms in total. The van der Waals surface area contributed by atoms with E-state index >= 15 is 0 Å². The van der Waals surface area contributed by atoms with Crippen molar-refractivity contribution < 1.29 is 0 Å². The fourth-order valence-corrected chi connectivity index (χ4v) is 3.97. The van der Waals surface area contributed by atoms with E-state index < -0.39 is 0 Å². The molecular weight excluding hydrogens is 348 g/mol. The standard InChI is InChI=1S/C22H30N6/c1-4-5-10-27-11-7-12-28-19(15-27)13-18(25-28)14-26(3)16-21-23-20-9-6-8-17(2)22(20)24-21/h4-6,8-9,13H,7,10-12,14-16H2,1-3H3,(H,23,24)/b5-4+. The number of hydrogen-bond donors (Lipinski definition) is 1. The summed E-state index contributed by atoms with van der Waals surface area (Å²) in [5.41, 5.74) is 5.85. The molecule has 0 radical (unpaired) electrons. The van der Waals surface area contributed by atoms with Crippen LogP contribution in [0, 0.1) is 6.92 Å². The molecule has 28 heavy (non-hydrogen) atoms. The average Bonchev–Trinajstić information content (AvgIpc) is 3.18. The molecule has 1 aromatic carbocycles. The van der Waals surface area contributed by atoms with E-state index in [1.807, 2.05) is 0 Å². The molecule has 0 amide bonds. The van der Waals surface area contributed by atoms with Gasteiger partial charge in [0.1, 0.15) is 5.82 Å². The second-order valence-corrected chi connectivity index (χ2v) is 7.83. The number of para-hydroxylation sites is 1. The van der Waals surface area contributed by atoms with E-state index in [4.69, 9.17) is 10.1 Å². The van der Waals surface area contributed by atoms with Gasteiger partial charge in [-0.1, -0.05) is 24.3 Å². The Morgan fingerprint density at radius 3 is 2.96 bits per heavy atom. The Labute approximate surface area is 166 Å². The van der Waals surface area contributed by atoms with E-state index in [2.05, 4.69) is 76.8 Å². The molecule has 6 heteroatoms. The predicted molar refractivity (Wildman–Crippen MR) is 113 cm³/mol. The Kier molecular flexibility index (Phi) is 5.59. The van der Waals surface area contributed by atoms with E-state index in [1.165, 1.54) is 11.3 Å². The van der Waals surface area contributed by atoms with Crippen molar-refractivity contribution in [1.82, 2.24) is 29.5 Å². The largest absolute Gasteiger partial charge is 0.341 e. The van der Waals surface area contributed by atoms with Gasteiger partial charge in [0.15, 0.2) is 0 Å². The van der Waals surface area contributed by atoms with Gasteiger partial charge < -0.3 is 4.98 Å². The number of H-pyrrole nitrogens is 1.